The lowest BCUT2D eigenvalue weighted by atomic mass is 10.1. The molecule has 4 rings (SSSR count). The molecule has 0 aliphatic rings. The topological polar surface area (TPSA) is 296 Å². The third-order valence-corrected chi connectivity index (χ3v) is 10.5. The van der Waals surface area contributed by atoms with Crippen LogP contribution >= 0.6 is 0 Å². The molecule has 0 radical (unpaired) electrons. The van der Waals surface area contributed by atoms with Gasteiger partial charge in [-0.3, -0.25) is 19.2 Å². The minimum atomic E-state index is -1.46. The van der Waals surface area contributed by atoms with Crippen LogP contribution in [0.1, 0.15) is 117 Å². The number of amides is 5. The molecular formula is C49H57N5O14. The summed E-state index contributed by atoms with van der Waals surface area (Å²) in [6.07, 6.45) is 2.52. The molecule has 0 heterocycles. The van der Waals surface area contributed by atoms with Gasteiger partial charge in [0.15, 0.2) is 0 Å². The third kappa shape index (κ3) is 17.8. The van der Waals surface area contributed by atoms with Crippen molar-refractivity contribution >= 4 is 47.6 Å². The van der Waals surface area contributed by atoms with Crippen molar-refractivity contribution in [2.75, 3.05) is 19.6 Å². The molecule has 0 bridgehead atoms. The molecule has 0 aliphatic heterocycles. The summed E-state index contributed by atoms with van der Waals surface area (Å²) in [6, 6.07) is 23.6. The number of unbranched alkanes of at least 4 members (excludes halogenated alkanes) is 4. The van der Waals surface area contributed by atoms with Crippen molar-refractivity contribution in [2.45, 2.75) is 89.5 Å². The summed E-state index contributed by atoms with van der Waals surface area (Å²) in [5, 5.41) is 52.0. The van der Waals surface area contributed by atoms with E-state index < -0.39 is 82.3 Å². The fraction of sp³-hybridized carbons (Fsp3) is 0.347. The minimum Gasteiger partial charge on any atom is -0.507 e. The molecule has 4 aromatic carbocycles. The SMILES string of the molecule is O=C(CCCCCNC(=O)[C@H](CCCCNC(=O)c1cccc(O)c1C(=O)O)NC(=O)OCc1ccccc1)N[C@@H](CCCCNC(=O)c1cccc(O)c1C(=O)O)C(=O)OCc1ccccc1. The molecule has 0 aliphatic carbocycles. The van der Waals surface area contributed by atoms with E-state index in [0.717, 1.165) is 17.2 Å². The van der Waals surface area contributed by atoms with Crippen LogP contribution < -0.4 is 26.6 Å². The monoisotopic (exact) mass is 939 g/mol. The zero-order valence-corrected chi connectivity index (χ0v) is 37.4. The van der Waals surface area contributed by atoms with Crippen LogP contribution in [0.4, 0.5) is 4.79 Å². The number of carboxylic acids is 2. The molecule has 0 spiro atoms. The van der Waals surface area contributed by atoms with Gasteiger partial charge in [-0.2, -0.15) is 0 Å². The molecule has 0 saturated carbocycles. The normalized spacial score (nSPS) is 11.5. The number of aromatic hydroxyl groups is 2. The average molecular weight is 940 g/mol. The van der Waals surface area contributed by atoms with E-state index in [1.54, 1.807) is 48.5 Å². The molecule has 362 valence electrons. The Labute approximate surface area is 392 Å². The van der Waals surface area contributed by atoms with Gasteiger partial charge in [0.05, 0.1) is 11.1 Å². The van der Waals surface area contributed by atoms with Gasteiger partial charge in [0.2, 0.25) is 11.8 Å². The molecule has 0 aromatic heterocycles. The number of carboxylic acid groups (broad SMARTS) is 2. The Balaban J connectivity index is 1.22. The summed E-state index contributed by atoms with van der Waals surface area (Å²) in [6.45, 7) is 0.427. The van der Waals surface area contributed by atoms with Gasteiger partial charge < -0.3 is 56.5 Å². The largest absolute Gasteiger partial charge is 0.507 e. The lowest BCUT2D eigenvalue weighted by molar-refractivity contribution is -0.149. The van der Waals surface area contributed by atoms with Crippen molar-refractivity contribution in [1.82, 2.24) is 26.6 Å². The molecule has 9 N–H and O–H groups in total. The number of hydrogen-bond donors (Lipinski definition) is 9. The Morgan fingerprint density at radius 3 is 1.47 bits per heavy atom. The van der Waals surface area contributed by atoms with E-state index >= 15 is 0 Å². The maximum atomic E-state index is 13.3. The van der Waals surface area contributed by atoms with E-state index in [2.05, 4.69) is 26.6 Å². The van der Waals surface area contributed by atoms with Crippen molar-refractivity contribution in [1.29, 1.82) is 0 Å². The summed E-state index contributed by atoms with van der Waals surface area (Å²) in [5.74, 6) is -6.89. The standard InChI is InChI=1S/C49H57N5O14/c55-38-24-14-20-34(41(38)46(61)62)43(58)50-28-12-9-22-36(54-49(66)68-31-33-18-6-2-7-19-33)45(60)52-27-11-3-8-26-40(57)53-37(48(65)67-30-32-16-4-1-5-17-32)23-10-13-29-51-44(59)35-21-15-25-39(56)42(35)47(63)64/h1-2,4-7,14-21,24-25,36-37,55-56H,3,8-13,22-23,26-31H2,(H,50,58)(H,51,59)(H,52,60)(H,53,57)(H,54,66)(H,61,62)(H,63,64)/t36-,37-/m0/s1. The Morgan fingerprint density at radius 2 is 0.956 bits per heavy atom. The molecule has 68 heavy (non-hydrogen) atoms. The predicted molar refractivity (Wildman–Crippen MR) is 246 cm³/mol. The molecule has 4 aromatic rings. The van der Waals surface area contributed by atoms with E-state index in [0.29, 0.717) is 44.9 Å². The summed E-state index contributed by atoms with van der Waals surface area (Å²) in [4.78, 5) is 101. The summed E-state index contributed by atoms with van der Waals surface area (Å²) in [5.41, 5.74) is 0.0573. The van der Waals surface area contributed by atoms with Gasteiger partial charge in [0.25, 0.3) is 11.8 Å². The van der Waals surface area contributed by atoms with Gasteiger partial charge in [-0.15, -0.1) is 0 Å². The second-order valence-corrected chi connectivity index (χ2v) is 15.6. The number of esters is 1. The van der Waals surface area contributed by atoms with E-state index in [1.807, 2.05) is 12.1 Å². The van der Waals surface area contributed by atoms with Crippen LogP contribution in [0.25, 0.3) is 0 Å². The zero-order chi connectivity index (χ0) is 49.3. The number of ether oxygens (including phenoxy) is 2. The number of alkyl carbamates (subject to hydrolysis) is 1. The molecular weight excluding hydrogens is 883 g/mol. The zero-order valence-electron chi connectivity index (χ0n) is 37.4. The van der Waals surface area contributed by atoms with Crippen LogP contribution in [-0.4, -0.2) is 99.8 Å². The maximum Gasteiger partial charge on any atom is 0.408 e. The second kappa shape index (κ2) is 28.2. The molecule has 19 heteroatoms. The van der Waals surface area contributed by atoms with Gasteiger partial charge in [0.1, 0.15) is 47.9 Å². The molecule has 19 nitrogen and oxygen atoms in total. The summed E-state index contributed by atoms with van der Waals surface area (Å²) in [7, 11) is 0. The number of rotatable bonds is 28. The second-order valence-electron chi connectivity index (χ2n) is 15.6. The van der Waals surface area contributed by atoms with Gasteiger partial charge in [-0.05, 0) is 86.8 Å². The number of nitrogens with one attached hydrogen (secondary N) is 5. The maximum absolute atomic E-state index is 13.3. The third-order valence-electron chi connectivity index (χ3n) is 10.5. The highest BCUT2D eigenvalue weighted by molar-refractivity contribution is 6.07. The Kier molecular flexibility index (Phi) is 21.8. The smallest absolute Gasteiger partial charge is 0.408 e. The first-order chi connectivity index (χ1) is 32.7. The number of aromatic carboxylic acids is 2. The highest BCUT2D eigenvalue weighted by Crippen LogP contribution is 2.22. The van der Waals surface area contributed by atoms with Crippen molar-refractivity contribution < 1.29 is 68.3 Å². The van der Waals surface area contributed by atoms with Crippen LogP contribution in [-0.2, 0) is 37.1 Å². The minimum absolute atomic E-state index is 0.00842. The first-order valence-corrected chi connectivity index (χ1v) is 22.2. The Hall–Kier alpha value is -7.96. The highest BCUT2D eigenvalue weighted by atomic mass is 16.5. The van der Waals surface area contributed by atoms with E-state index in [9.17, 15) is 58.8 Å². The number of carbonyl (C=O) groups is 8. The number of phenols is 2. The summed E-state index contributed by atoms with van der Waals surface area (Å²) < 4.78 is 10.8. The molecule has 0 unspecified atom stereocenters. The lowest BCUT2D eigenvalue weighted by Crippen LogP contribution is -2.47. The fourth-order valence-corrected chi connectivity index (χ4v) is 6.89. The summed E-state index contributed by atoms with van der Waals surface area (Å²) >= 11 is 0. The van der Waals surface area contributed by atoms with Crippen LogP contribution in [0.5, 0.6) is 11.5 Å². The quantitative estimate of drug-likeness (QED) is 0.0262. The Morgan fingerprint density at radius 1 is 0.485 bits per heavy atom. The number of carbonyl (C=O) groups excluding carboxylic acids is 6. The van der Waals surface area contributed by atoms with Crippen molar-refractivity contribution in [3.05, 3.63) is 130 Å². The molecule has 0 fully saturated rings. The van der Waals surface area contributed by atoms with E-state index in [1.165, 1.54) is 30.3 Å². The molecule has 2 atom stereocenters. The highest BCUT2D eigenvalue weighted by Gasteiger charge is 2.25. The van der Waals surface area contributed by atoms with Gasteiger partial charge in [0, 0.05) is 26.1 Å². The number of hydrogen-bond acceptors (Lipinski definition) is 12. The van der Waals surface area contributed by atoms with Crippen molar-refractivity contribution in [3.8, 4) is 11.5 Å². The van der Waals surface area contributed by atoms with Crippen molar-refractivity contribution in [2.24, 2.45) is 0 Å². The van der Waals surface area contributed by atoms with Crippen LogP contribution in [0, 0.1) is 0 Å². The van der Waals surface area contributed by atoms with Crippen molar-refractivity contribution in [3.63, 3.8) is 0 Å². The van der Waals surface area contributed by atoms with E-state index in [-0.39, 0.29) is 63.2 Å². The van der Waals surface area contributed by atoms with Crippen LogP contribution in [0.3, 0.4) is 0 Å². The van der Waals surface area contributed by atoms with Gasteiger partial charge in [-0.25, -0.2) is 19.2 Å². The van der Waals surface area contributed by atoms with Gasteiger partial charge >= 0.3 is 24.0 Å². The first kappa shape index (κ1) is 52.7. The predicted octanol–water partition coefficient (Wildman–Crippen LogP) is 5.19. The van der Waals surface area contributed by atoms with Gasteiger partial charge in [-0.1, -0.05) is 79.2 Å². The first-order valence-electron chi connectivity index (χ1n) is 22.2. The Bertz CT molecular complexity index is 2340. The number of benzene rings is 4. The van der Waals surface area contributed by atoms with Crippen LogP contribution in [0.15, 0.2) is 97.1 Å². The fourth-order valence-electron chi connectivity index (χ4n) is 6.89. The average Bonchev–Trinajstić information content (AvgIpc) is 3.32. The lowest BCUT2D eigenvalue weighted by Gasteiger charge is -2.19. The molecule has 5 amide bonds. The van der Waals surface area contributed by atoms with Crippen LogP contribution in [0.2, 0.25) is 0 Å². The molecule has 0 saturated heterocycles. The van der Waals surface area contributed by atoms with E-state index in [4.69, 9.17) is 9.47 Å².